The maximum atomic E-state index is 14.3. The third-order valence-electron chi connectivity index (χ3n) is 3.62. The van der Waals surface area contributed by atoms with E-state index >= 15 is 0 Å². The molecule has 1 N–H and O–H groups in total. The Labute approximate surface area is 110 Å². The lowest BCUT2D eigenvalue weighted by molar-refractivity contribution is -0.143. The van der Waals surface area contributed by atoms with Crippen molar-refractivity contribution < 1.29 is 19.0 Å². The summed E-state index contributed by atoms with van der Waals surface area (Å²) in [5, 5.41) is 9.61. The molecule has 0 aliphatic heterocycles. The molecule has 1 aliphatic carbocycles. The maximum absolute atomic E-state index is 14.3. The van der Waals surface area contributed by atoms with E-state index in [2.05, 4.69) is 0 Å². The van der Waals surface area contributed by atoms with Crippen molar-refractivity contribution in [2.45, 2.75) is 31.1 Å². The van der Waals surface area contributed by atoms with Gasteiger partial charge in [-0.15, -0.1) is 0 Å². The van der Waals surface area contributed by atoms with Gasteiger partial charge in [0.05, 0.1) is 12.5 Å². The number of hydrogen-bond acceptors (Lipinski definition) is 2. The average molecular weight is 273 g/mol. The second-order valence-electron chi connectivity index (χ2n) is 4.53. The fourth-order valence-corrected chi connectivity index (χ4v) is 3.01. The highest BCUT2D eigenvalue weighted by Crippen LogP contribution is 2.46. The van der Waals surface area contributed by atoms with Crippen LogP contribution in [0.5, 0.6) is 5.75 Å². The van der Waals surface area contributed by atoms with Crippen LogP contribution in [0, 0.1) is 5.82 Å². The van der Waals surface area contributed by atoms with E-state index in [-0.39, 0.29) is 16.3 Å². The largest absolute Gasteiger partial charge is 0.494 e. The zero-order valence-electron chi connectivity index (χ0n) is 10.0. The molecule has 1 fully saturated rings. The Hall–Kier alpha value is -1.29. The van der Waals surface area contributed by atoms with E-state index in [0.29, 0.717) is 12.8 Å². The number of rotatable bonds is 3. The lowest BCUT2D eigenvalue weighted by Gasteiger charge is -2.26. The summed E-state index contributed by atoms with van der Waals surface area (Å²) >= 11 is 6.01. The van der Waals surface area contributed by atoms with Gasteiger partial charge in [0.2, 0.25) is 0 Å². The van der Waals surface area contributed by atoms with Crippen molar-refractivity contribution in [1.82, 2.24) is 0 Å². The molecule has 2 rings (SSSR count). The molecule has 0 bridgehead atoms. The van der Waals surface area contributed by atoms with Gasteiger partial charge in [0, 0.05) is 10.6 Å². The van der Waals surface area contributed by atoms with E-state index < -0.39 is 17.2 Å². The molecular weight excluding hydrogens is 259 g/mol. The van der Waals surface area contributed by atoms with Gasteiger partial charge in [0.15, 0.2) is 11.6 Å². The van der Waals surface area contributed by atoms with Gasteiger partial charge in [-0.3, -0.25) is 4.79 Å². The summed E-state index contributed by atoms with van der Waals surface area (Å²) in [6.45, 7) is 0. The highest BCUT2D eigenvalue weighted by molar-refractivity contribution is 6.31. The number of benzene rings is 1. The SMILES string of the molecule is COc1ccc(Cl)c(C2(C(=O)O)CCCC2)c1F. The molecule has 18 heavy (non-hydrogen) atoms. The number of carboxylic acids is 1. The molecule has 1 saturated carbocycles. The molecule has 5 heteroatoms. The molecule has 0 heterocycles. The number of aliphatic carboxylic acids is 1. The van der Waals surface area contributed by atoms with E-state index in [9.17, 15) is 14.3 Å². The number of carbonyl (C=O) groups is 1. The van der Waals surface area contributed by atoms with Crippen LogP contribution in [-0.2, 0) is 10.2 Å². The Morgan fingerprint density at radius 1 is 1.44 bits per heavy atom. The van der Waals surface area contributed by atoms with Gasteiger partial charge in [-0.05, 0) is 25.0 Å². The zero-order valence-corrected chi connectivity index (χ0v) is 10.8. The smallest absolute Gasteiger partial charge is 0.314 e. The van der Waals surface area contributed by atoms with Gasteiger partial charge in [-0.2, -0.15) is 0 Å². The molecule has 0 aromatic heterocycles. The maximum Gasteiger partial charge on any atom is 0.314 e. The van der Waals surface area contributed by atoms with Crippen molar-refractivity contribution in [3.8, 4) is 5.75 Å². The van der Waals surface area contributed by atoms with Gasteiger partial charge in [-0.25, -0.2) is 4.39 Å². The van der Waals surface area contributed by atoms with Crippen molar-refractivity contribution in [2.75, 3.05) is 7.11 Å². The first-order valence-electron chi connectivity index (χ1n) is 5.79. The second-order valence-corrected chi connectivity index (χ2v) is 4.94. The topological polar surface area (TPSA) is 46.5 Å². The molecule has 3 nitrogen and oxygen atoms in total. The summed E-state index contributed by atoms with van der Waals surface area (Å²) in [6.07, 6.45) is 2.34. The van der Waals surface area contributed by atoms with E-state index in [4.69, 9.17) is 16.3 Å². The fraction of sp³-hybridized carbons (Fsp3) is 0.462. The van der Waals surface area contributed by atoms with Crippen molar-refractivity contribution in [2.24, 2.45) is 0 Å². The van der Waals surface area contributed by atoms with Crippen LogP contribution in [0.2, 0.25) is 5.02 Å². The average Bonchev–Trinajstić information content (AvgIpc) is 2.80. The summed E-state index contributed by atoms with van der Waals surface area (Å²) in [4.78, 5) is 11.6. The third kappa shape index (κ3) is 1.85. The van der Waals surface area contributed by atoms with Crippen LogP contribution in [0.1, 0.15) is 31.2 Å². The number of ether oxygens (including phenoxy) is 1. The molecule has 0 amide bonds. The number of methoxy groups -OCH3 is 1. The Morgan fingerprint density at radius 3 is 2.56 bits per heavy atom. The minimum atomic E-state index is -1.21. The summed E-state index contributed by atoms with van der Waals surface area (Å²) in [5.41, 5.74) is -1.15. The Morgan fingerprint density at radius 2 is 2.06 bits per heavy atom. The number of halogens is 2. The van der Waals surface area contributed by atoms with Crippen LogP contribution >= 0.6 is 11.6 Å². The Kier molecular flexibility index (Phi) is 3.48. The van der Waals surface area contributed by atoms with Crippen LogP contribution < -0.4 is 4.74 Å². The van der Waals surface area contributed by atoms with E-state index in [0.717, 1.165) is 12.8 Å². The fourth-order valence-electron chi connectivity index (χ4n) is 2.68. The van der Waals surface area contributed by atoms with Crippen LogP contribution in [-0.4, -0.2) is 18.2 Å². The first kappa shape index (κ1) is 13.1. The highest BCUT2D eigenvalue weighted by Gasteiger charge is 2.46. The minimum Gasteiger partial charge on any atom is -0.494 e. The van der Waals surface area contributed by atoms with Crippen LogP contribution in [0.15, 0.2) is 12.1 Å². The Bertz CT molecular complexity index is 481. The van der Waals surface area contributed by atoms with Gasteiger partial charge in [0.1, 0.15) is 0 Å². The molecule has 0 spiro atoms. The standard InChI is InChI=1S/C13H14ClFO3/c1-18-9-5-4-8(14)10(11(9)15)13(12(16)17)6-2-3-7-13/h4-5H,2-3,6-7H2,1H3,(H,16,17). The van der Waals surface area contributed by atoms with Crippen molar-refractivity contribution in [3.05, 3.63) is 28.5 Å². The summed E-state index contributed by atoms with van der Waals surface area (Å²) in [5.74, 6) is -1.65. The quantitative estimate of drug-likeness (QED) is 0.917. The molecule has 0 radical (unpaired) electrons. The van der Waals surface area contributed by atoms with Gasteiger partial charge in [-0.1, -0.05) is 24.4 Å². The summed E-state index contributed by atoms with van der Waals surface area (Å²) < 4.78 is 19.2. The molecule has 1 aromatic carbocycles. The first-order chi connectivity index (χ1) is 8.53. The molecule has 1 aliphatic rings. The molecule has 0 atom stereocenters. The molecule has 98 valence electrons. The van der Waals surface area contributed by atoms with Crippen LogP contribution in [0.4, 0.5) is 4.39 Å². The molecule has 0 saturated heterocycles. The number of hydrogen-bond donors (Lipinski definition) is 1. The van der Waals surface area contributed by atoms with Gasteiger partial charge < -0.3 is 9.84 Å². The van der Waals surface area contributed by atoms with E-state index in [1.807, 2.05) is 0 Å². The van der Waals surface area contributed by atoms with Crippen LogP contribution in [0.25, 0.3) is 0 Å². The van der Waals surface area contributed by atoms with E-state index in [1.165, 1.54) is 19.2 Å². The van der Waals surface area contributed by atoms with Crippen molar-refractivity contribution in [1.29, 1.82) is 0 Å². The Balaban J connectivity index is 2.65. The normalized spacial score (nSPS) is 17.7. The number of carboxylic acid groups (broad SMARTS) is 1. The lowest BCUT2D eigenvalue weighted by atomic mass is 9.78. The van der Waals surface area contributed by atoms with Crippen molar-refractivity contribution in [3.63, 3.8) is 0 Å². The predicted octanol–water partition coefficient (Wildman–Crippen LogP) is 3.38. The molecule has 0 unspecified atom stereocenters. The summed E-state index contributed by atoms with van der Waals surface area (Å²) in [6, 6.07) is 2.90. The van der Waals surface area contributed by atoms with Gasteiger partial charge >= 0.3 is 5.97 Å². The van der Waals surface area contributed by atoms with Gasteiger partial charge in [0.25, 0.3) is 0 Å². The minimum absolute atomic E-state index is 0.0296. The molecule has 1 aromatic rings. The monoisotopic (exact) mass is 272 g/mol. The second kappa shape index (κ2) is 4.76. The predicted molar refractivity (Wildman–Crippen MR) is 65.7 cm³/mol. The third-order valence-corrected chi connectivity index (χ3v) is 3.94. The van der Waals surface area contributed by atoms with E-state index in [1.54, 1.807) is 0 Å². The van der Waals surface area contributed by atoms with Crippen molar-refractivity contribution >= 4 is 17.6 Å². The zero-order chi connectivity index (χ0) is 13.3. The molecular formula is C13H14ClFO3. The highest BCUT2D eigenvalue weighted by atomic mass is 35.5. The van der Waals surface area contributed by atoms with Crippen LogP contribution in [0.3, 0.4) is 0 Å². The summed E-state index contributed by atoms with van der Waals surface area (Å²) in [7, 11) is 1.35. The lowest BCUT2D eigenvalue weighted by Crippen LogP contribution is -2.34. The first-order valence-corrected chi connectivity index (χ1v) is 6.16.